The summed E-state index contributed by atoms with van der Waals surface area (Å²) in [5, 5.41) is 0. The van der Waals surface area contributed by atoms with Gasteiger partial charge in [0.05, 0.1) is 11.0 Å². The fourth-order valence-electron chi connectivity index (χ4n) is 2.67. The van der Waals surface area contributed by atoms with Gasteiger partial charge in [-0.05, 0) is 23.6 Å². The van der Waals surface area contributed by atoms with E-state index in [1.165, 1.54) is 11.3 Å². The number of aromatic nitrogens is 2. The van der Waals surface area contributed by atoms with Crippen molar-refractivity contribution in [2.45, 2.75) is 20.8 Å². The van der Waals surface area contributed by atoms with E-state index < -0.39 is 0 Å². The monoisotopic (exact) mass is 329 g/mol. The molecule has 0 aliphatic heterocycles. The van der Waals surface area contributed by atoms with Gasteiger partial charge in [-0.1, -0.05) is 32.1 Å². The number of carbonyl (C=O) groups excluding carboxylic acids is 2. The first-order valence-electron chi connectivity index (χ1n) is 7.41. The van der Waals surface area contributed by atoms with Crippen molar-refractivity contribution in [1.29, 1.82) is 0 Å². The zero-order valence-electron chi connectivity index (χ0n) is 13.7. The number of nitrogens with zero attached hydrogens (tertiary/aromatic N) is 3. The molecule has 0 aliphatic carbocycles. The van der Waals surface area contributed by atoms with Crippen molar-refractivity contribution in [3.05, 3.63) is 34.8 Å². The van der Waals surface area contributed by atoms with Crippen molar-refractivity contribution in [3.8, 4) is 0 Å². The number of thiazole rings is 1. The second-order valence-electron chi connectivity index (χ2n) is 6.95. The maximum absolute atomic E-state index is 12.6. The van der Waals surface area contributed by atoms with Crippen molar-refractivity contribution in [2.75, 3.05) is 13.6 Å². The van der Waals surface area contributed by atoms with E-state index in [0.29, 0.717) is 17.0 Å². The van der Waals surface area contributed by atoms with E-state index >= 15 is 0 Å². The van der Waals surface area contributed by atoms with Crippen LogP contribution in [-0.2, 0) is 0 Å². The van der Waals surface area contributed by atoms with Gasteiger partial charge in [0.15, 0.2) is 4.96 Å². The van der Waals surface area contributed by atoms with Crippen LogP contribution in [0.5, 0.6) is 0 Å². The van der Waals surface area contributed by atoms with Crippen molar-refractivity contribution >= 4 is 39.5 Å². The van der Waals surface area contributed by atoms with Crippen LogP contribution in [0.3, 0.4) is 0 Å². The van der Waals surface area contributed by atoms with E-state index in [1.54, 1.807) is 17.0 Å². The molecule has 0 atom stereocenters. The van der Waals surface area contributed by atoms with Gasteiger partial charge in [0, 0.05) is 25.4 Å². The Morgan fingerprint density at radius 1 is 1.39 bits per heavy atom. The van der Waals surface area contributed by atoms with Gasteiger partial charge < -0.3 is 4.90 Å². The van der Waals surface area contributed by atoms with E-state index in [1.807, 2.05) is 23.7 Å². The summed E-state index contributed by atoms with van der Waals surface area (Å²) in [6.07, 6.45) is 2.62. The Morgan fingerprint density at radius 2 is 2.13 bits per heavy atom. The molecule has 0 radical (unpaired) electrons. The highest BCUT2D eigenvalue weighted by Crippen LogP contribution is 2.26. The number of hydrogen-bond donors (Lipinski definition) is 0. The smallest absolute Gasteiger partial charge is 0.265 e. The molecule has 0 saturated carbocycles. The predicted molar refractivity (Wildman–Crippen MR) is 92.4 cm³/mol. The van der Waals surface area contributed by atoms with Crippen molar-refractivity contribution in [1.82, 2.24) is 14.3 Å². The number of fused-ring (bicyclic) bond motifs is 3. The molecule has 0 unspecified atom stereocenters. The van der Waals surface area contributed by atoms with Crippen LogP contribution in [0.1, 0.15) is 40.8 Å². The Morgan fingerprint density at radius 3 is 2.78 bits per heavy atom. The Hall–Kier alpha value is -2.21. The normalized spacial score (nSPS) is 12.0. The third kappa shape index (κ3) is 2.99. The lowest BCUT2D eigenvalue weighted by molar-refractivity contribution is 0.0750. The second-order valence-corrected chi connectivity index (χ2v) is 7.96. The number of aldehydes is 1. The molecule has 6 heteroatoms. The van der Waals surface area contributed by atoms with Crippen molar-refractivity contribution in [2.24, 2.45) is 5.41 Å². The number of hydrogen-bond acceptors (Lipinski definition) is 4. The molecule has 23 heavy (non-hydrogen) atoms. The molecule has 0 bridgehead atoms. The molecule has 0 saturated heterocycles. The molecule has 3 aromatic rings. The summed E-state index contributed by atoms with van der Waals surface area (Å²) in [4.78, 5) is 31.2. The first kappa shape index (κ1) is 15.7. The molecule has 0 fully saturated rings. The van der Waals surface area contributed by atoms with E-state index in [4.69, 9.17) is 0 Å². The summed E-state index contributed by atoms with van der Waals surface area (Å²) >= 11 is 1.37. The summed E-state index contributed by atoms with van der Waals surface area (Å²) in [5.41, 5.74) is 2.32. The van der Waals surface area contributed by atoms with Crippen LogP contribution in [0.25, 0.3) is 16.0 Å². The van der Waals surface area contributed by atoms with Gasteiger partial charge >= 0.3 is 0 Å². The van der Waals surface area contributed by atoms with Crippen molar-refractivity contribution < 1.29 is 9.59 Å². The first-order valence-corrected chi connectivity index (χ1v) is 8.22. The van der Waals surface area contributed by atoms with Gasteiger partial charge in [-0.15, -0.1) is 0 Å². The highest BCUT2D eigenvalue weighted by Gasteiger charge is 2.21. The minimum Gasteiger partial charge on any atom is -0.340 e. The molecular formula is C17H19N3O2S. The zero-order valence-corrected chi connectivity index (χ0v) is 14.5. The van der Waals surface area contributed by atoms with Gasteiger partial charge in [0.2, 0.25) is 0 Å². The number of benzene rings is 1. The lowest BCUT2D eigenvalue weighted by atomic mass is 9.96. The van der Waals surface area contributed by atoms with Crippen LogP contribution in [-0.4, -0.2) is 40.1 Å². The lowest BCUT2D eigenvalue weighted by Crippen LogP contribution is -2.34. The van der Waals surface area contributed by atoms with Crippen LogP contribution in [0, 0.1) is 5.41 Å². The third-order valence-electron chi connectivity index (χ3n) is 3.53. The molecule has 2 heterocycles. The maximum atomic E-state index is 12.6. The van der Waals surface area contributed by atoms with Gasteiger partial charge in [-0.3, -0.25) is 14.0 Å². The SMILES string of the molecule is CN(CC(C)(C)C)C(=O)c1cn2c(nc3ccc(C=O)cc32)s1. The molecule has 120 valence electrons. The Balaban J connectivity index is 2.00. The molecule has 0 spiro atoms. The van der Waals surface area contributed by atoms with Crippen LogP contribution in [0.2, 0.25) is 0 Å². The number of carbonyl (C=O) groups is 2. The standard InChI is InChI=1S/C17H19N3O2S/c1-17(2,3)10-19(4)15(22)14-8-20-13-7-11(9-21)5-6-12(13)18-16(20)23-14/h5-9H,10H2,1-4H3. The van der Waals surface area contributed by atoms with Gasteiger partial charge in [0.25, 0.3) is 5.91 Å². The Bertz CT molecular complexity index is 902. The van der Waals surface area contributed by atoms with Crippen LogP contribution in [0.15, 0.2) is 24.4 Å². The number of imidazole rings is 1. The molecule has 5 nitrogen and oxygen atoms in total. The molecule has 3 rings (SSSR count). The fourth-order valence-corrected chi connectivity index (χ4v) is 3.66. The minimum atomic E-state index is -0.00452. The van der Waals surface area contributed by atoms with Crippen LogP contribution >= 0.6 is 11.3 Å². The molecule has 1 amide bonds. The average Bonchev–Trinajstić information content (AvgIpc) is 3.01. The van der Waals surface area contributed by atoms with E-state index in [9.17, 15) is 9.59 Å². The largest absolute Gasteiger partial charge is 0.340 e. The van der Waals surface area contributed by atoms with Gasteiger partial charge in [-0.2, -0.15) is 0 Å². The second kappa shape index (κ2) is 5.45. The van der Waals surface area contributed by atoms with Gasteiger partial charge in [-0.25, -0.2) is 4.98 Å². The minimum absolute atomic E-state index is 0.00452. The molecular weight excluding hydrogens is 310 g/mol. The fraction of sp³-hybridized carbons (Fsp3) is 0.353. The van der Waals surface area contributed by atoms with E-state index in [2.05, 4.69) is 25.8 Å². The molecule has 2 aromatic heterocycles. The predicted octanol–water partition coefficient (Wildman–Crippen LogP) is 3.48. The van der Waals surface area contributed by atoms with Crippen molar-refractivity contribution in [3.63, 3.8) is 0 Å². The third-order valence-corrected chi connectivity index (χ3v) is 4.50. The van der Waals surface area contributed by atoms with E-state index in [-0.39, 0.29) is 11.3 Å². The highest BCUT2D eigenvalue weighted by atomic mass is 32.1. The summed E-state index contributed by atoms with van der Waals surface area (Å²) in [6, 6.07) is 5.36. The lowest BCUT2D eigenvalue weighted by Gasteiger charge is -2.26. The molecule has 0 aliphatic rings. The summed E-state index contributed by atoms with van der Waals surface area (Å²) in [7, 11) is 1.82. The van der Waals surface area contributed by atoms with Crippen LogP contribution < -0.4 is 0 Å². The quantitative estimate of drug-likeness (QED) is 0.691. The maximum Gasteiger partial charge on any atom is 0.265 e. The Labute approximate surface area is 138 Å². The number of rotatable bonds is 3. The topological polar surface area (TPSA) is 54.7 Å². The summed E-state index contributed by atoms with van der Waals surface area (Å²) < 4.78 is 1.88. The van der Waals surface area contributed by atoms with Gasteiger partial charge in [0.1, 0.15) is 11.2 Å². The average molecular weight is 329 g/mol. The summed E-state index contributed by atoms with van der Waals surface area (Å²) in [6.45, 7) is 6.99. The summed E-state index contributed by atoms with van der Waals surface area (Å²) in [5.74, 6) is -0.00452. The van der Waals surface area contributed by atoms with E-state index in [0.717, 1.165) is 22.3 Å². The highest BCUT2D eigenvalue weighted by molar-refractivity contribution is 7.18. The van der Waals surface area contributed by atoms with Crippen LogP contribution in [0.4, 0.5) is 0 Å². The molecule has 1 aromatic carbocycles. The number of amides is 1. The first-order chi connectivity index (χ1) is 10.8. The zero-order chi connectivity index (χ0) is 16.8. The molecule has 0 N–H and O–H groups in total. The Kier molecular flexibility index (Phi) is 3.72.